The molecule has 1 aliphatic rings. The third-order valence-electron chi connectivity index (χ3n) is 18.2. The molecule has 0 fully saturated rings. The van der Waals surface area contributed by atoms with E-state index in [1.54, 1.807) is 12.5 Å². The van der Waals surface area contributed by atoms with Gasteiger partial charge >= 0.3 is 80.0 Å². The molecule has 800 valence electrons. The molecular formula is C82H120F12N8O28S10. The molecule has 36 nitrogen and oxygen atoms in total. The summed E-state index contributed by atoms with van der Waals surface area (Å²) in [6.45, 7) is 1.22. The van der Waals surface area contributed by atoms with E-state index in [1.165, 1.54) is 152 Å². The molecule has 0 spiro atoms. The molecule has 3 N–H and O–H groups in total. The highest BCUT2D eigenvalue weighted by Crippen LogP contribution is 2.36. The lowest BCUT2D eigenvalue weighted by Crippen LogP contribution is -2.44. The second-order valence-corrected chi connectivity index (χ2v) is 42.8. The summed E-state index contributed by atoms with van der Waals surface area (Å²) in [6.07, 6.45) is 20.9. The molecule has 0 bridgehead atoms. The van der Waals surface area contributed by atoms with Gasteiger partial charge in [-0.25, -0.2) is 17.0 Å². The summed E-state index contributed by atoms with van der Waals surface area (Å²) in [6, 6.07) is 18.2. The summed E-state index contributed by atoms with van der Waals surface area (Å²) in [4.78, 5) is 140. The number of unbranched alkanes of at least 4 members (excludes halogenated alkanes) is 14. The highest BCUT2D eigenvalue weighted by molar-refractivity contribution is 8.00. The molecule has 4 rings (SSSR count). The van der Waals surface area contributed by atoms with Gasteiger partial charge in [0.2, 0.25) is 47.3 Å². The third-order valence-corrected chi connectivity index (χ3v) is 29.0. The number of halogens is 12. The third kappa shape index (κ3) is 51.5. The second-order valence-electron chi connectivity index (χ2n) is 29.0. The molecule has 0 saturated carbocycles. The number of carbonyl (C=O) groups excluding carboxylic acids is 12. The van der Waals surface area contributed by atoms with Gasteiger partial charge in [0.15, 0.2) is 0 Å². The molecule has 0 atom stereocenters. The topological polar surface area (TPSA) is 483 Å². The van der Waals surface area contributed by atoms with Crippen LogP contribution in [0.4, 0.5) is 64.1 Å². The van der Waals surface area contributed by atoms with Crippen LogP contribution in [-0.2, 0) is 131 Å². The molecule has 0 radical (unpaired) electrons. The predicted molar refractivity (Wildman–Crippen MR) is 505 cm³/mol. The number of nitrogens with zero attached hydrogens (tertiary/aromatic N) is 5. The molecule has 0 aliphatic carbocycles. The molecule has 1 aliphatic heterocycles. The molecule has 0 aromatic heterocycles. The Morgan fingerprint density at radius 1 is 0.343 bits per heavy atom. The number of esters is 3. The standard InChI is InChI=1S/C19H28F3NO3S2.C18H23F3N2O7S2.C18H22N2O8S2.C14H26F3NO3S2.C13H21F3N2O7S2/c1-27-16-12-7-5-3-2-4-6-11-15-18(24)23(17-13-9-8-10-14-17)28(25,26)19(20,21)22;1-31-13-15(24)22-9-10-29-11-12-30-17(26)8-7-16(25)23(14-5-3-2-4-6-14)32(27,28)18(19,20)21;1-29-12-15(21)19-8-9-27-10-11-28-17(23)7-6-16(22)20-18(24)13-4-2-3-5-14(13)30(20,25)26;1-18(23(20,21)14(15,16)17)13(19)11-9-7-5-3-4-6-8-10-12-22-2;1-18(27(22,23)13(14,15)16)11(20)3-4-12(21)25-8-7-24-6-5-17-10(19)9-26-2/h8-10,13-14H,2-7,11-12,15-16H2,1H3;2-6H,7-13H2,1H3,(H,22,24);2-5H,6-12H2,1H3,(H,19,21);3-12H2,1-2H3;3-9H2,1-2H3,(H,17,19). The Balaban J connectivity index is 0.00000173. The van der Waals surface area contributed by atoms with Gasteiger partial charge in [0.25, 0.3) is 15.9 Å². The predicted octanol–water partition coefficient (Wildman–Crippen LogP) is 11.9. The van der Waals surface area contributed by atoms with Gasteiger partial charge in [-0.1, -0.05) is 126 Å². The molecule has 0 unspecified atom stereocenters. The number of anilines is 2. The lowest BCUT2D eigenvalue weighted by Gasteiger charge is -2.23. The SMILES string of the molecule is CSCC(=O)NCCOCCOC(=O)CCC(=O)N(C)S(=O)(=O)C(F)(F)F.CSCC(=O)NCCOCCOC(=O)CCC(=O)N(c1ccccc1)S(=O)(=O)C(F)(F)F.CSCC(=O)NCCOCCOC(=O)CCC(=O)N1C(=O)c2ccccc2S1(=O)=O.CSCCCCCCCCCCC(=O)N(C)S(=O)(=O)C(F)(F)F.CSCCCCCCCCCCC(=O)N(c1ccccc1)S(=O)(=O)C(F)(F)F. The van der Waals surface area contributed by atoms with Crippen LogP contribution in [0, 0.1) is 0 Å². The van der Waals surface area contributed by atoms with Crippen molar-refractivity contribution in [1.82, 2.24) is 28.9 Å². The van der Waals surface area contributed by atoms with Gasteiger partial charge in [0.05, 0.1) is 93.1 Å². The van der Waals surface area contributed by atoms with Crippen molar-refractivity contribution in [2.24, 2.45) is 0 Å². The van der Waals surface area contributed by atoms with E-state index in [0.29, 0.717) is 57.2 Å². The smallest absolute Gasteiger partial charge is 0.463 e. The summed E-state index contributed by atoms with van der Waals surface area (Å²) < 4.78 is 297. The number of fused-ring (bicyclic) bond motifs is 1. The fourth-order valence-corrected chi connectivity index (χ4v) is 18.0. The van der Waals surface area contributed by atoms with E-state index >= 15 is 0 Å². The molecule has 3 aromatic carbocycles. The van der Waals surface area contributed by atoms with Crippen LogP contribution in [0.5, 0.6) is 0 Å². The first-order valence-electron chi connectivity index (χ1n) is 42.8. The maximum atomic E-state index is 13.0. The maximum Gasteiger partial charge on any atom is 0.517 e. The zero-order chi connectivity index (χ0) is 106. The number of para-hydroxylation sites is 2. The van der Waals surface area contributed by atoms with Gasteiger partial charge in [0, 0.05) is 65.8 Å². The zero-order valence-corrected chi connectivity index (χ0v) is 86.0. The largest absolute Gasteiger partial charge is 0.517 e. The van der Waals surface area contributed by atoms with E-state index in [0.717, 1.165) is 63.5 Å². The van der Waals surface area contributed by atoms with E-state index < -0.39 is 168 Å². The monoisotopic (exact) mass is 2210 g/mol. The quantitative estimate of drug-likeness (QED) is 0.0204. The summed E-state index contributed by atoms with van der Waals surface area (Å²) in [7, 11) is -26.2. The van der Waals surface area contributed by atoms with Crippen molar-refractivity contribution in [2.75, 3.05) is 162 Å². The number of nitrogens with one attached hydrogen (secondary N) is 3. The average molecular weight is 2210 g/mol. The number of hydrogen-bond donors (Lipinski definition) is 3. The van der Waals surface area contributed by atoms with Crippen LogP contribution in [0.15, 0.2) is 89.8 Å². The van der Waals surface area contributed by atoms with Crippen LogP contribution < -0.4 is 24.6 Å². The van der Waals surface area contributed by atoms with Crippen LogP contribution in [0.2, 0.25) is 0 Å². The van der Waals surface area contributed by atoms with Gasteiger partial charge in [-0.15, -0.1) is 0 Å². The number of alkyl halides is 12. The van der Waals surface area contributed by atoms with Gasteiger partial charge in [-0.2, -0.15) is 158 Å². The Labute approximate surface area is 828 Å². The van der Waals surface area contributed by atoms with Crippen LogP contribution in [-0.4, -0.2) is 301 Å². The number of thioether (sulfide) groups is 5. The fourth-order valence-electron chi connectivity index (χ4n) is 11.1. The Kier molecular flexibility index (Phi) is 65.9. The van der Waals surface area contributed by atoms with Gasteiger partial charge < -0.3 is 44.4 Å². The summed E-state index contributed by atoms with van der Waals surface area (Å²) in [5.41, 5.74) is -23.1. The van der Waals surface area contributed by atoms with E-state index in [9.17, 15) is 152 Å². The van der Waals surface area contributed by atoms with Crippen LogP contribution in [0.1, 0.15) is 164 Å². The summed E-state index contributed by atoms with van der Waals surface area (Å²) in [5, 5.41) is 7.83. The first kappa shape index (κ1) is 132. The van der Waals surface area contributed by atoms with Crippen molar-refractivity contribution in [3.8, 4) is 0 Å². The van der Waals surface area contributed by atoms with Crippen molar-refractivity contribution >= 4 is 191 Å². The average Bonchev–Trinajstić information content (AvgIpc) is 1.58. The fraction of sp³-hybridized carbons (Fsp3) is 0.634. The lowest BCUT2D eigenvalue weighted by molar-refractivity contribution is -0.147. The summed E-state index contributed by atoms with van der Waals surface area (Å²) >= 11 is 7.81. The minimum Gasteiger partial charge on any atom is -0.463 e. The highest BCUT2D eigenvalue weighted by Gasteiger charge is 2.55. The van der Waals surface area contributed by atoms with E-state index in [2.05, 4.69) is 28.5 Å². The van der Waals surface area contributed by atoms with Crippen molar-refractivity contribution < 1.29 is 181 Å². The lowest BCUT2D eigenvalue weighted by atomic mass is 10.1. The number of benzene rings is 3. The Hall–Kier alpha value is -7.96. The van der Waals surface area contributed by atoms with Gasteiger partial charge in [-0.05, 0) is 105 Å². The number of sulfonamides is 5. The van der Waals surface area contributed by atoms with Gasteiger partial charge in [-0.3, -0.25) is 57.5 Å². The van der Waals surface area contributed by atoms with Crippen molar-refractivity contribution in [2.45, 2.75) is 181 Å². The van der Waals surface area contributed by atoms with Crippen LogP contribution >= 0.6 is 58.8 Å². The van der Waals surface area contributed by atoms with E-state index in [-0.39, 0.29) is 143 Å². The molecule has 58 heteroatoms. The Morgan fingerprint density at radius 3 is 0.936 bits per heavy atom. The molecule has 140 heavy (non-hydrogen) atoms. The Bertz CT molecular complexity index is 4890. The number of hydrogen-bond acceptors (Lipinski definition) is 33. The normalized spacial score (nSPS) is 12.4. The zero-order valence-electron chi connectivity index (χ0n) is 77.9. The first-order chi connectivity index (χ1) is 65.6. The van der Waals surface area contributed by atoms with Crippen molar-refractivity contribution in [3.63, 3.8) is 0 Å². The highest BCUT2D eigenvalue weighted by atomic mass is 32.2. The minimum atomic E-state index is -6.00. The number of carbonyl (C=O) groups is 12. The van der Waals surface area contributed by atoms with E-state index in [1.807, 2.05) is 29.8 Å². The maximum absolute atomic E-state index is 13.0. The number of ether oxygens (including phenoxy) is 6. The Morgan fingerprint density at radius 2 is 0.621 bits per heavy atom. The molecule has 0 saturated heterocycles. The van der Waals surface area contributed by atoms with E-state index in [4.69, 9.17) is 28.4 Å². The number of amides is 9. The number of imide groups is 1. The first-order valence-corrected chi connectivity index (χ1v) is 57.0. The minimum absolute atomic E-state index is 0.00330. The molecule has 3 aromatic rings. The van der Waals surface area contributed by atoms with Crippen molar-refractivity contribution in [3.05, 3.63) is 90.5 Å². The van der Waals surface area contributed by atoms with Crippen LogP contribution in [0.25, 0.3) is 0 Å². The molecule has 9 amide bonds. The molecule has 1 heterocycles. The number of rotatable bonds is 61. The van der Waals surface area contributed by atoms with Crippen LogP contribution in [0.3, 0.4) is 0 Å². The van der Waals surface area contributed by atoms with Crippen molar-refractivity contribution in [1.29, 1.82) is 0 Å². The molecular weight excluding hydrogens is 2090 g/mol. The second kappa shape index (κ2) is 69.9. The summed E-state index contributed by atoms with van der Waals surface area (Å²) in [5.74, 6) is -6.34. The van der Waals surface area contributed by atoms with Gasteiger partial charge in [0.1, 0.15) is 24.7 Å².